The maximum Gasteiger partial charge on any atom is 0.145 e. The van der Waals surface area contributed by atoms with Crippen molar-refractivity contribution in [2.45, 2.75) is 42.7 Å². The number of fused-ring (bicyclic) bond motifs is 3. The van der Waals surface area contributed by atoms with E-state index in [2.05, 4.69) is 42.2 Å². The fraction of sp³-hybridized carbons (Fsp3) is 0.455. The van der Waals surface area contributed by atoms with E-state index in [9.17, 15) is 0 Å². The zero-order valence-corrected chi connectivity index (χ0v) is 17.8. The number of benzene rings is 1. The summed E-state index contributed by atoms with van der Waals surface area (Å²) in [5.74, 6) is 1.71. The summed E-state index contributed by atoms with van der Waals surface area (Å²) < 4.78 is 5.49. The predicted molar refractivity (Wildman–Crippen MR) is 115 cm³/mol. The maximum atomic E-state index is 5.49. The van der Waals surface area contributed by atoms with Gasteiger partial charge in [0.15, 0.2) is 0 Å². The first kappa shape index (κ1) is 18.6. The van der Waals surface area contributed by atoms with Crippen LogP contribution in [0.2, 0.25) is 0 Å². The highest BCUT2D eigenvalue weighted by Gasteiger charge is 2.25. The second kappa shape index (κ2) is 8.11. The SMILES string of the molecule is C[C@H]1CCc2c(sc3nc(CN4CCOCC4)nc(Sc4ccccc4)c23)C1. The Balaban J connectivity index is 1.56. The molecule has 0 amide bonds. The smallest absolute Gasteiger partial charge is 0.145 e. The molecule has 0 N–H and O–H groups in total. The molecule has 6 heteroatoms. The number of aryl methyl sites for hydroxylation is 1. The van der Waals surface area contributed by atoms with E-state index in [1.807, 2.05) is 11.3 Å². The van der Waals surface area contributed by atoms with E-state index < -0.39 is 0 Å². The summed E-state index contributed by atoms with van der Waals surface area (Å²) in [6, 6.07) is 10.6. The van der Waals surface area contributed by atoms with Crippen molar-refractivity contribution < 1.29 is 4.74 Å². The van der Waals surface area contributed by atoms with Gasteiger partial charge in [-0.05, 0) is 42.9 Å². The lowest BCUT2D eigenvalue weighted by Gasteiger charge is -2.25. The summed E-state index contributed by atoms with van der Waals surface area (Å²) in [5, 5.41) is 2.44. The van der Waals surface area contributed by atoms with Gasteiger partial charge in [0.1, 0.15) is 15.7 Å². The molecule has 1 atom stereocenters. The maximum absolute atomic E-state index is 5.49. The molecule has 3 aromatic rings. The van der Waals surface area contributed by atoms with Crippen LogP contribution in [0.4, 0.5) is 0 Å². The Morgan fingerprint density at radius 1 is 1.18 bits per heavy atom. The van der Waals surface area contributed by atoms with Crippen LogP contribution < -0.4 is 0 Å². The Labute approximate surface area is 174 Å². The molecule has 146 valence electrons. The third-order valence-corrected chi connectivity index (χ3v) is 7.74. The summed E-state index contributed by atoms with van der Waals surface area (Å²) >= 11 is 3.68. The van der Waals surface area contributed by atoms with Gasteiger partial charge in [0, 0.05) is 28.2 Å². The molecule has 2 aliphatic rings. The van der Waals surface area contributed by atoms with Crippen molar-refractivity contribution in [3.63, 3.8) is 0 Å². The van der Waals surface area contributed by atoms with Crippen LogP contribution in [0.25, 0.3) is 10.2 Å². The Kier molecular flexibility index (Phi) is 5.37. The first-order valence-corrected chi connectivity index (χ1v) is 11.7. The van der Waals surface area contributed by atoms with Crippen LogP contribution in [0, 0.1) is 5.92 Å². The molecule has 1 saturated heterocycles. The first-order chi connectivity index (χ1) is 13.8. The molecule has 1 aromatic carbocycles. The molecular formula is C22H25N3OS2. The molecule has 0 saturated carbocycles. The summed E-state index contributed by atoms with van der Waals surface area (Å²) in [7, 11) is 0. The van der Waals surface area contributed by atoms with Crippen LogP contribution in [-0.4, -0.2) is 41.2 Å². The van der Waals surface area contributed by atoms with Gasteiger partial charge in [-0.15, -0.1) is 11.3 Å². The number of hydrogen-bond donors (Lipinski definition) is 0. The molecule has 1 aliphatic heterocycles. The molecule has 0 bridgehead atoms. The molecule has 28 heavy (non-hydrogen) atoms. The average Bonchev–Trinajstić information content (AvgIpc) is 3.07. The van der Waals surface area contributed by atoms with Crippen molar-refractivity contribution in [1.29, 1.82) is 0 Å². The van der Waals surface area contributed by atoms with Crippen LogP contribution >= 0.6 is 23.1 Å². The lowest BCUT2D eigenvalue weighted by atomic mass is 9.89. The first-order valence-electron chi connectivity index (χ1n) is 10.1. The monoisotopic (exact) mass is 411 g/mol. The number of nitrogens with zero attached hydrogens (tertiary/aromatic N) is 3. The summed E-state index contributed by atoms with van der Waals surface area (Å²) in [6.45, 7) is 6.70. The normalized spacial score (nSPS) is 20.4. The van der Waals surface area contributed by atoms with Gasteiger partial charge in [0.25, 0.3) is 0 Å². The molecule has 0 radical (unpaired) electrons. The molecular weight excluding hydrogens is 386 g/mol. The Morgan fingerprint density at radius 2 is 2.00 bits per heavy atom. The zero-order chi connectivity index (χ0) is 18.9. The number of aromatic nitrogens is 2. The Hall–Kier alpha value is -1.47. The fourth-order valence-corrected chi connectivity index (χ4v) is 6.51. The van der Waals surface area contributed by atoms with Gasteiger partial charge in [-0.25, -0.2) is 9.97 Å². The third kappa shape index (κ3) is 3.83. The molecule has 4 nitrogen and oxygen atoms in total. The van der Waals surface area contributed by atoms with Crippen molar-refractivity contribution in [2.75, 3.05) is 26.3 Å². The predicted octanol–water partition coefficient (Wildman–Crippen LogP) is 4.80. The lowest BCUT2D eigenvalue weighted by Crippen LogP contribution is -2.36. The van der Waals surface area contributed by atoms with E-state index in [-0.39, 0.29) is 0 Å². The molecule has 3 heterocycles. The summed E-state index contributed by atoms with van der Waals surface area (Å²) in [4.78, 5) is 16.4. The Bertz CT molecular complexity index is 967. The Morgan fingerprint density at radius 3 is 2.82 bits per heavy atom. The minimum atomic E-state index is 0.770. The quantitative estimate of drug-likeness (QED) is 0.577. The molecule has 2 aromatic heterocycles. The minimum absolute atomic E-state index is 0.770. The fourth-order valence-electron chi connectivity index (χ4n) is 4.06. The van der Waals surface area contributed by atoms with Crippen LogP contribution in [0.3, 0.4) is 0 Å². The van der Waals surface area contributed by atoms with E-state index in [4.69, 9.17) is 14.7 Å². The third-order valence-electron chi connectivity index (χ3n) is 5.59. The average molecular weight is 412 g/mol. The highest BCUT2D eigenvalue weighted by atomic mass is 32.2. The van der Waals surface area contributed by atoms with E-state index in [0.29, 0.717) is 0 Å². The van der Waals surface area contributed by atoms with Crippen molar-refractivity contribution in [3.05, 3.63) is 46.6 Å². The van der Waals surface area contributed by atoms with Gasteiger partial charge in [-0.3, -0.25) is 4.90 Å². The van der Waals surface area contributed by atoms with Crippen molar-refractivity contribution >= 4 is 33.3 Å². The molecule has 5 rings (SSSR count). The van der Waals surface area contributed by atoms with Crippen molar-refractivity contribution in [3.8, 4) is 0 Å². The van der Waals surface area contributed by atoms with E-state index in [1.54, 1.807) is 11.8 Å². The number of hydrogen-bond acceptors (Lipinski definition) is 6. The molecule has 1 aliphatic carbocycles. The topological polar surface area (TPSA) is 38.2 Å². The summed E-state index contributed by atoms with van der Waals surface area (Å²) in [5.41, 5.74) is 1.51. The van der Waals surface area contributed by atoms with Gasteiger partial charge < -0.3 is 4.74 Å². The van der Waals surface area contributed by atoms with Gasteiger partial charge in [-0.2, -0.15) is 0 Å². The number of ether oxygens (including phenoxy) is 1. The van der Waals surface area contributed by atoms with Gasteiger partial charge in [-0.1, -0.05) is 36.9 Å². The van der Waals surface area contributed by atoms with Crippen LogP contribution in [0.15, 0.2) is 40.3 Å². The van der Waals surface area contributed by atoms with Crippen molar-refractivity contribution in [1.82, 2.24) is 14.9 Å². The molecule has 1 fully saturated rings. The van der Waals surface area contributed by atoms with E-state index in [1.165, 1.54) is 38.4 Å². The van der Waals surface area contributed by atoms with Crippen molar-refractivity contribution in [2.24, 2.45) is 5.92 Å². The zero-order valence-electron chi connectivity index (χ0n) is 16.2. The highest BCUT2D eigenvalue weighted by Crippen LogP contribution is 2.42. The number of morpholine rings is 1. The van der Waals surface area contributed by atoms with Crippen LogP contribution in [-0.2, 0) is 24.1 Å². The lowest BCUT2D eigenvalue weighted by molar-refractivity contribution is 0.0330. The van der Waals surface area contributed by atoms with Gasteiger partial charge in [0.2, 0.25) is 0 Å². The highest BCUT2D eigenvalue weighted by molar-refractivity contribution is 7.99. The number of thiophene rings is 1. The van der Waals surface area contributed by atoms with E-state index >= 15 is 0 Å². The largest absolute Gasteiger partial charge is 0.379 e. The molecule has 0 unspecified atom stereocenters. The van der Waals surface area contributed by atoms with Gasteiger partial charge >= 0.3 is 0 Å². The van der Waals surface area contributed by atoms with E-state index in [0.717, 1.165) is 56.0 Å². The number of rotatable bonds is 4. The van der Waals surface area contributed by atoms with Crippen LogP contribution in [0.1, 0.15) is 29.6 Å². The second-order valence-corrected chi connectivity index (χ2v) is 9.93. The van der Waals surface area contributed by atoms with Gasteiger partial charge in [0.05, 0.1) is 19.8 Å². The standard InChI is InChI=1S/C22H25N3OS2/c1-15-7-8-17-18(13-15)28-22-20(17)21(27-16-5-3-2-4-6-16)23-19(24-22)14-25-9-11-26-12-10-25/h2-6,15H,7-14H2,1H3/t15-/m0/s1. The minimum Gasteiger partial charge on any atom is -0.379 e. The second-order valence-electron chi connectivity index (χ2n) is 7.78. The summed E-state index contributed by atoms with van der Waals surface area (Å²) in [6.07, 6.45) is 3.61. The van der Waals surface area contributed by atoms with Crippen LogP contribution in [0.5, 0.6) is 0 Å². The molecule has 0 spiro atoms.